The number of nitrogens with one attached hydrogen (secondary N) is 2. The molecule has 1 saturated heterocycles. The molecule has 1 fully saturated rings. The summed E-state index contributed by atoms with van der Waals surface area (Å²) in [5.74, 6) is 0.166. The van der Waals surface area contributed by atoms with Crippen molar-refractivity contribution in [2.24, 2.45) is 0 Å². The quantitative estimate of drug-likeness (QED) is 0.840. The number of hydrogen-bond acceptors (Lipinski definition) is 5. The third kappa shape index (κ3) is 4.51. The van der Waals surface area contributed by atoms with Gasteiger partial charge in [-0.2, -0.15) is 0 Å². The zero-order valence-electron chi connectivity index (χ0n) is 12.1. The van der Waals surface area contributed by atoms with E-state index in [0.717, 1.165) is 18.0 Å². The van der Waals surface area contributed by atoms with Crippen LogP contribution in [0.5, 0.6) is 0 Å². The molecule has 1 aliphatic heterocycles. The molecule has 0 saturated carbocycles. The van der Waals surface area contributed by atoms with Crippen molar-refractivity contribution in [3.8, 4) is 0 Å². The fourth-order valence-electron chi connectivity index (χ4n) is 2.48. The van der Waals surface area contributed by atoms with Gasteiger partial charge in [-0.05, 0) is 39.7 Å². The highest BCUT2D eigenvalue weighted by Gasteiger charge is 2.29. The largest absolute Gasteiger partial charge is 0.314 e. The van der Waals surface area contributed by atoms with E-state index in [9.17, 15) is 8.42 Å². The molecule has 0 aliphatic carbocycles. The van der Waals surface area contributed by atoms with Gasteiger partial charge < -0.3 is 5.32 Å². The lowest BCUT2D eigenvalue weighted by Gasteiger charge is -2.26. The second-order valence-corrected chi connectivity index (χ2v) is 8.56. The highest BCUT2D eigenvalue weighted by atomic mass is 32.2. The molecule has 1 unspecified atom stereocenters. The van der Waals surface area contributed by atoms with Crippen LogP contribution in [0.3, 0.4) is 0 Å². The normalized spacial score (nSPS) is 21.0. The van der Waals surface area contributed by atoms with Gasteiger partial charge in [-0.1, -0.05) is 6.42 Å². The summed E-state index contributed by atoms with van der Waals surface area (Å²) in [5.41, 5.74) is -0.646. The van der Waals surface area contributed by atoms with Crippen LogP contribution in [0, 0.1) is 0 Å². The third-order valence-electron chi connectivity index (χ3n) is 3.53. The summed E-state index contributed by atoms with van der Waals surface area (Å²) >= 11 is 1.47. The van der Waals surface area contributed by atoms with E-state index in [4.69, 9.17) is 0 Å². The Balaban J connectivity index is 1.90. The van der Waals surface area contributed by atoms with Gasteiger partial charge in [0.15, 0.2) is 0 Å². The number of piperidine rings is 1. The molecular formula is C13H23N3O2S2. The molecule has 2 heterocycles. The van der Waals surface area contributed by atoms with Crippen molar-refractivity contribution in [1.29, 1.82) is 0 Å². The molecule has 0 bridgehead atoms. The van der Waals surface area contributed by atoms with E-state index in [1.807, 2.05) is 19.2 Å². The lowest BCUT2D eigenvalue weighted by molar-refractivity contribution is 0.390. The van der Waals surface area contributed by atoms with Crippen molar-refractivity contribution < 1.29 is 8.42 Å². The number of sulfonamides is 1. The Kier molecular flexibility index (Phi) is 5.17. The van der Waals surface area contributed by atoms with E-state index in [-0.39, 0.29) is 5.75 Å². The number of rotatable bonds is 6. The van der Waals surface area contributed by atoms with Gasteiger partial charge in [0, 0.05) is 17.6 Å². The standard InChI is InChI=1S/C13H23N3O2S2/c1-13(2,12-15-8-9-19-12)16-20(17,18)10-6-11-5-3-4-7-14-11/h8-9,11,14,16H,3-7,10H2,1-2H3. The maximum Gasteiger partial charge on any atom is 0.212 e. The monoisotopic (exact) mass is 317 g/mol. The van der Waals surface area contributed by atoms with Crippen molar-refractivity contribution in [3.05, 3.63) is 16.6 Å². The van der Waals surface area contributed by atoms with E-state index in [0.29, 0.717) is 12.5 Å². The van der Waals surface area contributed by atoms with E-state index >= 15 is 0 Å². The van der Waals surface area contributed by atoms with E-state index in [1.54, 1.807) is 6.20 Å². The molecule has 7 heteroatoms. The van der Waals surface area contributed by atoms with Gasteiger partial charge in [0.1, 0.15) is 5.01 Å². The molecule has 1 aliphatic rings. The Hall–Kier alpha value is -0.500. The SMILES string of the molecule is CC(C)(NS(=O)(=O)CCC1CCCCN1)c1nccs1. The average Bonchev–Trinajstić information content (AvgIpc) is 2.91. The van der Waals surface area contributed by atoms with Crippen LogP contribution < -0.4 is 10.0 Å². The summed E-state index contributed by atoms with van der Waals surface area (Å²) in [7, 11) is -3.29. The van der Waals surface area contributed by atoms with Crippen molar-refractivity contribution in [3.63, 3.8) is 0 Å². The molecular weight excluding hydrogens is 294 g/mol. The number of nitrogens with zero attached hydrogens (tertiary/aromatic N) is 1. The van der Waals surface area contributed by atoms with Crippen molar-refractivity contribution in [2.45, 2.75) is 51.1 Å². The average molecular weight is 317 g/mol. The first kappa shape index (κ1) is 15.9. The van der Waals surface area contributed by atoms with Crippen molar-refractivity contribution >= 4 is 21.4 Å². The first-order valence-corrected chi connectivity index (χ1v) is 9.57. The Morgan fingerprint density at radius 2 is 2.30 bits per heavy atom. The molecule has 20 heavy (non-hydrogen) atoms. The van der Waals surface area contributed by atoms with Gasteiger partial charge in [0.05, 0.1) is 11.3 Å². The predicted octanol–water partition coefficient (Wildman–Crippen LogP) is 1.83. The van der Waals surface area contributed by atoms with Crippen LogP contribution in [-0.2, 0) is 15.6 Å². The molecule has 1 aromatic heterocycles. The summed E-state index contributed by atoms with van der Waals surface area (Å²) in [6.45, 7) is 4.70. The topological polar surface area (TPSA) is 71.1 Å². The Morgan fingerprint density at radius 3 is 2.90 bits per heavy atom. The maximum atomic E-state index is 12.2. The fourth-order valence-corrected chi connectivity index (χ4v) is 4.84. The zero-order valence-corrected chi connectivity index (χ0v) is 13.7. The van der Waals surface area contributed by atoms with Gasteiger partial charge in [0.25, 0.3) is 0 Å². The lowest BCUT2D eigenvalue weighted by atomic mass is 10.0. The van der Waals surface area contributed by atoms with Crippen molar-refractivity contribution in [1.82, 2.24) is 15.0 Å². The molecule has 0 radical (unpaired) electrons. The van der Waals surface area contributed by atoms with Gasteiger partial charge in [-0.15, -0.1) is 11.3 Å². The van der Waals surface area contributed by atoms with E-state index in [2.05, 4.69) is 15.0 Å². The maximum absolute atomic E-state index is 12.2. The van der Waals surface area contributed by atoms with Gasteiger partial charge in [0.2, 0.25) is 10.0 Å². The van der Waals surface area contributed by atoms with Gasteiger partial charge >= 0.3 is 0 Å². The van der Waals surface area contributed by atoms with E-state index in [1.165, 1.54) is 24.2 Å². The number of thiazole rings is 1. The number of aromatic nitrogens is 1. The Bertz CT molecular complexity index is 506. The zero-order chi connectivity index (χ0) is 14.6. The van der Waals surface area contributed by atoms with Crippen molar-refractivity contribution in [2.75, 3.05) is 12.3 Å². The summed E-state index contributed by atoms with van der Waals surface area (Å²) < 4.78 is 27.2. The van der Waals surface area contributed by atoms with Crippen LogP contribution in [0.2, 0.25) is 0 Å². The van der Waals surface area contributed by atoms with Gasteiger partial charge in [-0.25, -0.2) is 18.1 Å². The molecule has 2 N–H and O–H groups in total. The molecule has 0 aromatic carbocycles. The molecule has 114 valence electrons. The second-order valence-electron chi connectivity index (χ2n) is 5.82. The van der Waals surface area contributed by atoms with E-state index < -0.39 is 15.6 Å². The van der Waals surface area contributed by atoms with Crippen LogP contribution in [-0.4, -0.2) is 31.7 Å². The third-order valence-corrected chi connectivity index (χ3v) is 6.22. The molecule has 0 amide bonds. The lowest BCUT2D eigenvalue weighted by Crippen LogP contribution is -2.43. The molecule has 1 aromatic rings. The van der Waals surface area contributed by atoms with Gasteiger partial charge in [-0.3, -0.25) is 0 Å². The summed E-state index contributed by atoms with van der Waals surface area (Å²) in [5, 5.41) is 6.03. The highest BCUT2D eigenvalue weighted by Crippen LogP contribution is 2.23. The molecule has 0 spiro atoms. The van der Waals surface area contributed by atoms with Crippen LogP contribution in [0.25, 0.3) is 0 Å². The minimum absolute atomic E-state index is 0.166. The smallest absolute Gasteiger partial charge is 0.212 e. The highest BCUT2D eigenvalue weighted by molar-refractivity contribution is 7.89. The van der Waals surface area contributed by atoms with Crippen LogP contribution in [0.15, 0.2) is 11.6 Å². The summed E-state index contributed by atoms with van der Waals surface area (Å²) in [6.07, 6.45) is 5.82. The first-order chi connectivity index (χ1) is 9.39. The summed E-state index contributed by atoms with van der Waals surface area (Å²) in [4.78, 5) is 4.20. The Labute approximate surface area is 125 Å². The molecule has 5 nitrogen and oxygen atoms in total. The predicted molar refractivity (Wildman–Crippen MR) is 82.3 cm³/mol. The second kappa shape index (κ2) is 6.51. The molecule has 2 rings (SSSR count). The Morgan fingerprint density at radius 1 is 1.50 bits per heavy atom. The van der Waals surface area contributed by atoms with Crippen LogP contribution >= 0.6 is 11.3 Å². The minimum atomic E-state index is -3.29. The minimum Gasteiger partial charge on any atom is -0.314 e. The van der Waals surface area contributed by atoms with Crippen LogP contribution in [0.4, 0.5) is 0 Å². The first-order valence-electron chi connectivity index (χ1n) is 7.04. The van der Waals surface area contributed by atoms with Crippen LogP contribution in [0.1, 0.15) is 44.5 Å². The fraction of sp³-hybridized carbons (Fsp3) is 0.769. The summed E-state index contributed by atoms with van der Waals surface area (Å²) in [6, 6.07) is 0.336. The molecule has 1 atom stereocenters. The number of hydrogen-bond donors (Lipinski definition) is 2.